The number of sulfonamides is 1. The van der Waals surface area contributed by atoms with Gasteiger partial charge in [0, 0.05) is 30.4 Å². The van der Waals surface area contributed by atoms with Crippen LogP contribution in [0.5, 0.6) is 0 Å². The Hall–Kier alpha value is -1.71. The van der Waals surface area contributed by atoms with E-state index in [1.807, 2.05) is 4.90 Å². The highest BCUT2D eigenvalue weighted by atomic mass is 32.2. The maximum Gasteiger partial charge on any atom is 0.340 e. The number of allylic oxidation sites excluding steroid dienone is 2. The fraction of sp³-hybridized carbons (Fsp3) is 0.636. The normalized spacial score (nSPS) is 28.0. The molecule has 9 heteroatoms. The second-order valence-electron chi connectivity index (χ2n) is 9.02. The molecule has 0 spiro atoms. The van der Waals surface area contributed by atoms with E-state index in [0.29, 0.717) is 44.4 Å². The molecule has 5 rings (SSSR count). The topological polar surface area (TPSA) is 84.0 Å². The Balaban J connectivity index is 1.45. The van der Waals surface area contributed by atoms with Crippen molar-refractivity contribution in [1.29, 1.82) is 0 Å². The molecule has 0 radical (unpaired) electrons. The molecular weight excluding hydrogens is 436 g/mol. The van der Waals surface area contributed by atoms with Crippen molar-refractivity contribution in [2.75, 3.05) is 26.7 Å². The molecule has 1 aromatic heterocycles. The largest absolute Gasteiger partial charge is 0.465 e. The lowest BCUT2D eigenvalue weighted by Gasteiger charge is -2.31. The molecule has 1 saturated heterocycles. The maximum absolute atomic E-state index is 13.4. The number of nitrogens with zero attached hydrogens (tertiary/aromatic N) is 2. The van der Waals surface area contributed by atoms with Gasteiger partial charge in [0.2, 0.25) is 5.91 Å². The zero-order valence-electron chi connectivity index (χ0n) is 17.7. The van der Waals surface area contributed by atoms with Crippen molar-refractivity contribution in [2.24, 2.45) is 17.8 Å². The fourth-order valence-corrected chi connectivity index (χ4v) is 9.14. The highest BCUT2D eigenvalue weighted by molar-refractivity contribution is 7.91. The predicted octanol–water partition coefficient (Wildman–Crippen LogP) is 2.81. The van der Waals surface area contributed by atoms with Crippen LogP contribution in [-0.4, -0.2) is 56.2 Å². The molecule has 31 heavy (non-hydrogen) atoms. The smallest absolute Gasteiger partial charge is 0.340 e. The van der Waals surface area contributed by atoms with Gasteiger partial charge >= 0.3 is 5.97 Å². The lowest BCUT2D eigenvalue weighted by Crippen LogP contribution is -2.40. The van der Waals surface area contributed by atoms with Gasteiger partial charge in [-0.2, -0.15) is 4.31 Å². The molecule has 1 amide bonds. The van der Waals surface area contributed by atoms with E-state index in [-0.39, 0.29) is 21.6 Å². The van der Waals surface area contributed by atoms with E-state index in [1.165, 1.54) is 11.4 Å². The van der Waals surface area contributed by atoms with Crippen molar-refractivity contribution < 1.29 is 22.7 Å². The van der Waals surface area contributed by atoms with Gasteiger partial charge in [0.15, 0.2) is 0 Å². The van der Waals surface area contributed by atoms with E-state index in [0.717, 1.165) is 53.9 Å². The van der Waals surface area contributed by atoms with Crippen LogP contribution in [0.1, 0.15) is 52.9 Å². The van der Waals surface area contributed by atoms with Crippen molar-refractivity contribution in [1.82, 2.24) is 9.21 Å². The molecule has 7 nitrogen and oxygen atoms in total. The van der Waals surface area contributed by atoms with Gasteiger partial charge in [-0.05, 0) is 49.5 Å². The first-order chi connectivity index (χ1) is 14.9. The third-order valence-corrected chi connectivity index (χ3v) is 10.8. The number of methoxy groups -OCH3 is 1. The number of carbonyl (C=O) groups excluding carboxylic acids is 2. The quantitative estimate of drug-likeness (QED) is 0.505. The van der Waals surface area contributed by atoms with E-state index in [4.69, 9.17) is 4.74 Å². The van der Waals surface area contributed by atoms with Crippen molar-refractivity contribution in [3.05, 3.63) is 28.2 Å². The Morgan fingerprint density at radius 1 is 1.10 bits per heavy atom. The second kappa shape index (κ2) is 8.01. The molecule has 3 atom stereocenters. The Morgan fingerprint density at radius 2 is 1.87 bits per heavy atom. The number of thiophene rings is 1. The molecule has 2 aliphatic heterocycles. The first-order valence-corrected chi connectivity index (χ1v) is 13.4. The van der Waals surface area contributed by atoms with Gasteiger partial charge in [-0.25, -0.2) is 13.2 Å². The standard InChI is InChI=1S/C22H28N2O5S2/c1-29-21(26)19-16-7-10-23(20(25)17-12-14-5-6-15(17)11-14)13-18(16)30-22(19)31(27,28)24-8-3-2-4-9-24/h5-6,14-15,17H,2-4,7-13H2,1H3/t14-,15+,17+/m1/s1. The van der Waals surface area contributed by atoms with E-state index in [2.05, 4.69) is 12.2 Å². The number of ether oxygens (including phenoxy) is 1. The molecule has 1 aromatic rings. The van der Waals surface area contributed by atoms with Gasteiger partial charge in [-0.15, -0.1) is 11.3 Å². The molecule has 0 N–H and O–H groups in total. The van der Waals surface area contributed by atoms with Crippen molar-refractivity contribution in [3.8, 4) is 0 Å². The van der Waals surface area contributed by atoms with Crippen LogP contribution in [0.3, 0.4) is 0 Å². The lowest BCUT2D eigenvalue weighted by atomic mass is 9.91. The van der Waals surface area contributed by atoms with Crippen LogP contribution in [0, 0.1) is 17.8 Å². The summed E-state index contributed by atoms with van der Waals surface area (Å²) < 4.78 is 33.3. The monoisotopic (exact) mass is 464 g/mol. The van der Waals surface area contributed by atoms with Crippen LogP contribution in [0.4, 0.5) is 0 Å². The highest BCUT2D eigenvalue weighted by Gasteiger charge is 2.43. The summed E-state index contributed by atoms with van der Waals surface area (Å²) in [5, 5.41) is 0. The Kier molecular flexibility index (Phi) is 5.46. The van der Waals surface area contributed by atoms with Gasteiger partial charge in [0.05, 0.1) is 19.2 Å². The molecule has 0 unspecified atom stereocenters. The van der Waals surface area contributed by atoms with Crippen molar-refractivity contribution in [3.63, 3.8) is 0 Å². The number of piperidine rings is 1. The molecule has 4 aliphatic rings. The summed E-state index contributed by atoms with van der Waals surface area (Å²) in [5.74, 6) is 0.450. The average molecular weight is 465 g/mol. The summed E-state index contributed by atoms with van der Waals surface area (Å²) in [7, 11) is -2.48. The number of rotatable bonds is 4. The molecule has 1 saturated carbocycles. The number of fused-ring (bicyclic) bond motifs is 3. The highest BCUT2D eigenvalue weighted by Crippen LogP contribution is 2.45. The van der Waals surface area contributed by atoms with Crippen LogP contribution >= 0.6 is 11.3 Å². The van der Waals surface area contributed by atoms with Gasteiger partial charge in [-0.1, -0.05) is 18.6 Å². The minimum atomic E-state index is -3.76. The first kappa shape index (κ1) is 21.2. The second-order valence-corrected chi connectivity index (χ2v) is 12.3. The van der Waals surface area contributed by atoms with Crippen LogP contribution in [-0.2, 0) is 32.5 Å². The van der Waals surface area contributed by atoms with Gasteiger partial charge in [0.25, 0.3) is 10.0 Å². The third kappa shape index (κ3) is 3.54. The van der Waals surface area contributed by atoms with Crippen LogP contribution < -0.4 is 0 Å². The van der Waals surface area contributed by atoms with Crippen molar-refractivity contribution >= 4 is 33.2 Å². The summed E-state index contributed by atoms with van der Waals surface area (Å²) in [6, 6.07) is 0. The number of amides is 1. The number of hydrogen-bond donors (Lipinski definition) is 0. The maximum atomic E-state index is 13.4. The Morgan fingerprint density at radius 3 is 2.52 bits per heavy atom. The van der Waals surface area contributed by atoms with E-state index < -0.39 is 16.0 Å². The molecular formula is C22H28N2O5S2. The minimum absolute atomic E-state index is 0.0353. The summed E-state index contributed by atoms with van der Waals surface area (Å²) in [6.45, 7) is 1.84. The van der Waals surface area contributed by atoms with E-state index in [9.17, 15) is 18.0 Å². The van der Waals surface area contributed by atoms with Crippen LogP contribution in [0.25, 0.3) is 0 Å². The molecule has 0 aromatic carbocycles. The lowest BCUT2D eigenvalue weighted by molar-refractivity contribution is -0.137. The molecule has 2 fully saturated rings. The molecule has 2 aliphatic carbocycles. The molecule has 3 heterocycles. The minimum Gasteiger partial charge on any atom is -0.465 e. The average Bonchev–Trinajstić information content (AvgIpc) is 3.52. The Bertz CT molecular complexity index is 1040. The van der Waals surface area contributed by atoms with Crippen molar-refractivity contribution in [2.45, 2.75) is 49.3 Å². The summed E-state index contributed by atoms with van der Waals surface area (Å²) >= 11 is 1.15. The SMILES string of the molecule is COC(=O)c1c(S(=O)(=O)N2CCCCC2)sc2c1CCN(C(=O)[C@H]1C[C@@H]3C=C[C@H]1C3)C2. The molecule has 2 bridgehead atoms. The van der Waals surface area contributed by atoms with Gasteiger partial charge in [-0.3, -0.25) is 4.79 Å². The number of esters is 1. The summed E-state index contributed by atoms with van der Waals surface area (Å²) in [5.41, 5.74) is 0.923. The zero-order chi connectivity index (χ0) is 21.8. The van der Waals surface area contributed by atoms with Gasteiger partial charge in [0.1, 0.15) is 4.21 Å². The first-order valence-electron chi connectivity index (χ1n) is 11.1. The summed E-state index contributed by atoms with van der Waals surface area (Å²) in [6.07, 6.45) is 9.55. The fourth-order valence-electron chi connectivity index (χ4n) is 5.58. The number of carbonyl (C=O) groups is 2. The van der Waals surface area contributed by atoms with Gasteiger partial charge < -0.3 is 9.64 Å². The van der Waals surface area contributed by atoms with E-state index >= 15 is 0 Å². The Labute approximate surface area is 187 Å². The van der Waals surface area contributed by atoms with Crippen LogP contribution in [0.15, 0.2) is 16.4 Å². The summed E-state index contributed by atoms with van der Waals surface area (Å²) in [4.78, 5) is 28.5. The zero-order valence-corrected chi connectivity index (χ0v) is 19.3. The number of hydrogen-bond acceptors (Lipinski definition) is 6. The predicted molar refractivity (Wildman–Crippen MR) is 116 cm³/mol. The molecule has 168 valence electrons. The van der Waals surface area contributed by atoms with Crippen LogP contribution in [0.2, 0.25) is 0 Å². The third-order valence-electron chi connectivity index (χ3n) is 7.21. The van der Waals surface area contributed by atoms with E-state index in [1.54, 1.807) is 0 Å².